The van der Waals surface area contributed by atoms with E-state index in [9.17, 15) is 4.79 Å². The Morgan fingerprint density at radius 3 is 2.40 bits per heavy atom. The number of hydrogen-bond donors (Lipinski definition) is 1. The molecular weight excluding hydrogens is 313 g/mol. The van der Waals surface area contributed by atoms with Crippen molar-refractivity contribution in [3.8, 4) is 0 Å². The van der Waals surface area contributed by atoms with Crippen molar-refractivity contribution in [2.75, 3.05) is 0 Å². The summed E-state index contributed by atoms with van der Waals surface area (Å²) >= 11 is 2.18. The van der Waals surface area contributed by atoms with Gasteiger partial charge in [0, 0.05) is 0 Å². The van der Waals surface area contributed by atoms with Gasteiger partial charge in [-0.15, -0.1) is 0 Å². The van der Waals surface area contributed by atoms with Crippen molar-refractivity contribution in [1.82, 2.24) is 0 Å². The molecule has 1 aromatic rings. The SMILES string of the molecule is O=C(O)c1cccc[c]1[Au]. The molecule has 1 N–H and O–H groups in total. The van der Waals surface area contributed by atoms with Crippen LogP contribution in [0.2, 0.25) is 0 Å². The van der Waals surface area contributed by atoms with Gasteiger partial charge in [-0.05, 0) is 0 Å². The van der Waals surface area contributed by atoms with Crippen LogP contribution < -0.4 is 3.78 Å². The van der Waals surface area contributed by atoms with E-state index in [1.54, 1.807) is 18.2 Å². The number of carboxylic acid groups (broad SMARTS) is 1. The van der Waals surface area contributed by atoms with Crippen LogP contribution in [-0.4, -0.2) is 11.1 Å². The van der Waals surface area contributed by atoms with E-state index in [0.717, 1.165) is 3.78 Å². The number of carboxylic acids is 1. The van der Waals surface area contributed by atoms with Crippen LogP contribution in [-0.2, 0) is 21.1 Å². The normalized spacial score (nSPS) is 9.40. The maximum atomic E-state index is 10.4. The molecule has 0 fully saturated rings. The zero-order chi connectivity index (χ0) is 7.56. The van der Waals surface area contributed by atoms with E-state index in [2.05, 4.69) is 21.1 Å². The molecule has 0 aliphatic heterocycles. The van der Waals surface area contributed by atoms with Crippen molar-refractivity contribution in [3.05, 3.63) is 29.8 Å². The molecule has 1 aromatic carbocycles. The van der Waals surface area contributed by atoms with Gasteiger partial charge in [-0.2, -0.15) is 0 Å². The Hall–Kier alpha value is -0.570. The summed E-state index contributed by atoms with van der Waals surface area (Å²) in [7, 11) is 0. The Labute approximate surface area is 70.8 Å². The van der Waals surface area contributed by atoms with Crippen molar-refractivity contribution >= 4 is 9.75 Å². The Morgan fingerprint density at radius 2 is 2.00 bits per heavy atom. The van der Waals surface area contributed by atoms with E-state index in [1.807, 2.05) is 6.07 Å². The molecule has 56 valence electrons. The molecule has 0 amide bonds. The minimum absolute atomic E-state index is 0.353. The Bertz CT molecular complexity index is 258. The van der Waals surface area contributed by atoms with Gasteiger partial charge in [-0.25, -0.2) is 0 Å². The van der Waals surface area contributed by atoms with E-state index in [1.165, 1.54) is 0 Å². The third-order valence-electron chi connectivity index (χ3n) is 1.07. The van der Waals surface area contributed by atoms with Gasteiger partial charge in [0.1, 0.15) is 0 Å². The molecule has 0 saturated heterocycles. The second kappa shape index (κ2) is 3.01. The fraction of sp³-hybridized carbons (Fsp3) is 0. The molecule has 0 aliphatic carbocycles. The second-order valence-electron chi connectivity index (χ2n) is 1.74. The standard InChI is InChI=1S/C7H5O2.Au/c8-7(9)6-4-2-1-3-5-6;/h1-4H,(H,8,9);. The van der Waals surface area contributed by atoms with Crippen molar-refractivity contribution < 1.29 is 31.0 Å². The van der Waals surface area contributed by atoms with Crippen molar-refractivity contribution in [2.24, 2.45) is 0 Å². The minimum atomic E-state index is -0.877. The van der Waals surface area contributed by atoms with Crippen LogP contribution in [0, 0.1) is 0 Å². The number of aromatic carboxylic acids is 1. The van der Waals surface area contributed by atoms with E-state index in [4.69, 9.17) is 5.11 Å². The predicted octanol–water partition coefficient (Wildman–Crippen LogP) is 0.557. The average molecular weight is 318 g/mol. The summed E-state index contributed by atoms with van der Waals surface area (Å²) in [6.07, 6.45) is 0. The van der Waals surface area contributed by atoms with Gasteiger partial charge < -0.3 is 0 Å². The summed E-state index contributed by atoms with van der Waals surface area (Å²) < 4.78 is 0.745. The van der Waals surface area contributed by atoms with Crippen LogP contribution in [0.5, 0.6) is 0 Å². The molecule has 2 nitrogen and oxygen atoms in total. The van der Waals surface area contributed by atoms with Crippen LogP contribution in [0.15, 0.2) is 24.3 Å². The maximum absolute atomic E-state index is 10.4. The zero-order valence-electron chi connectivity index (χ0n) is 4.97. The van der Waals surface area contributed by atoms with Crippen LogP contribution in [0.25, 0.3) is 0 Å². The van der Waals surface area contributed by atoms with E-state index >= 15 is 0 Å². The third kappa shape index (κ3) is 1.48. The van der Waals surface area contributed by atoms with Gasteiger partial charge in [0.2, 0.25) is 0 Å². The van der Waals surface area contributed by atoms with Crippen LogP contribution in [0.3, 0.4) is 0 Å². The van der Waals surface area contributed by atoms with E-state index < -0.39 is 5.97 Å². The first kappa shape index (κ1) is 7.54. The average Bonchev–Trinajstić information content (AvgIpc) is 1.88. The molecule has 0 bridgehead atoms. The first-order chi connectivity index (χ1) is 4.72. The topological polar surface area (TPSA) is 37.3 Å². The molecule has 3 heteroatoms. The fourth-order valence-corrected chi connectivity index (χ4v) is 1.23. The molecule has 0 unspecified atom stereocenters. The van der Waals surface area contributed by atoms with Gasteiger partial charge >= 0.3 is 70.5 Å². The third-order valence-corrected chi connectivity index (χ3v) is 2.02. The number of rotatable bonds is 1. The fourth-order valence-electron chi connectivity index (χ4n) is 0.613. The molecule has 0 radical (unpaired) electrons. The molecule has 0 saturated carbocycles. The van der Waals surface area contributed by atoms with Gasteiger partial charge in [-0.3, -0.25) is 0 Å². The van der Waals surface area contributed by atoms with Crippen molar-refractivity contribution in [1.29, 1.82) is 0 Å². The number of carbonyl (C=O) groups is 1. The Balaban J connectivity index is 3.15. The number of hydrogen-bond acceptors (Lipinski definition) is 1. The molecule has 0 aromatic heterocycles. The Morgan fingerprint density at radius 1 is 1.40 bits per heavy atom. The van der Waals surface area contributed by atoms with Gasteiger partial charge in [0.25, 0.3) is 0 Å². The van der Waals surface area contributed by atoms with Gasteiger partial charge in [0.05, 0.1) is 0 Å². The van der Waals surface area contributed by atoms with Crippen molar-refractivity contribution in [3.63, 3.8) is 0 Å². The predicted molar refractivity (Wildman–Crippen MR) is 33.0 cm³/mol. The van der Waals surface area contributed by atoms with Gasteiger partial charge in [0.15, 0.2) is 0 Å². The first-order valence-electron chi connectivity index (χ1n) is 2.66. The monoisotopic (exact) mass is 318 g/mol. The summed E-state index contributed by atoms with van der Waals surface area (Å²) in [6, 6.07) is 6.85. The van der Waals surface area contributed by atoms with Crippen LogP contribution in [0.4, 0.5) is 0 Å². The summed E-state index contributed by atoms with van der Waals surface area (Å²) in [5.41, 5.74) is 0.353. The second-order valence-corrected chi connectivity index (χ2v) is 2.91. The molecule has 0 aliphatic rings. The quantitative estimate of drug-likeness (QED) is 0.768. The molecule has 0 atom stereocenters. The molecule has 10 heavy (non-hydrogen) atoms. The van der Waals surface area contributed by atoms with E-state index in [0.29, 0.717) is 5.56 Å². The van der Waals surface area contributed by atoms with Crippen LogP contribution >= 0.6 is 0 Å². The first-order valence-corrected chi connectivity index (χ1v) is 3.74. The summed E-state index contributed by atoms with van der Waals surface area (Å²) in [4.78, 5) is 10.4. The van der Waals surface area contributed by atoms with Gasteiger partial charge in [-0.1, -0.05) is 0 Å². The Kier molecular flexibility index (Phi) is 2.27. The van der Waals surface area contributed by atoms with Crippen LogP contribution in [0.1, 0.15) is 10.4 Å². The molecule has 0 spiro atoms. The molecular formula is C7H5AuO2. The van der Waals surface area contributed by atoms with E-state index in [-0.39, 0.29) is 0 Å². The van der Waals surface area contributed by atoms with Crippen molar-refractivity contribution in [2.45, 2.75) is 0 Å². The molecule has 1 rings (SSSR count). The summed E-state index contributed by atoms with van der Waals surface area (Å²) in [5.74, 6) is -0.877. The summed E-state index contributed by atoms with van der Waals surface area (Å²) in [5, 5.41) is 8.56. The summed E-state index contributed by atoms with van der Waals surface area (Å²) in [6.45, 7) is 0. The molecule has 0 heterocycles. The zero-order valence-corrected chi connectivity index (χ0v) is 7.13. The number of benzene rings is 1.